The molecule has 5 nitrogen and oxygen atoms in total. The standard InChI is InChI=1S/C16H21ClF3N3O2/c1-10-9-22(5-6-23(10)14(24)25-15(2,3)4)13-12(17)7-11(8-21-13)16(18,19)20/h7-8,10H,5-6,9H2,1-4H3/t10-/m1/s1. The van der Waals surface area contributed by atoms with Gasteiger partial charge in [0, 0.05) is 31.9 Å². The molecule has 0 unspecified atom stereocenters. The Labute approximate surface area is 149 Å². The molecule has 1 aliphatic heterocycles. The van der Waals surface area contributed by atoms with E-state index in [2.05, 4.69) is 4.98 Å². The molecule has 1 saturated heterocycles. The molecule has 0 N–H and O–H groups in total. The minimum absolute atomic E-state index is 0.0623. The van der Waals surface area contributed by atoms with Crippen molar-refractivity contribution in [2.45, 2.75) is 45.5 Å². The monoisotopic (exact) mass is 379 g/mol. The molecule has 25 heavy (non-hydrogen) atoms. The normalized spacial score (nSPS) is 19.1. The van der Waals surface area contributed by atoms with E-state index in [0.29, 0.717) is 19.6 Å². The zero-order chi connectivity index (χ0) is 19.0. The van der Waals surface area contributed by atoms with Crippen LogP contribution in [-0.2, 0) is 10.9 Å². The van der Waals surface area contributed by atoms with Gasteiger partial charge in [0.1, 0.15) is 11.4 Å². The molecule has 1 fully saturated rings. The van der Waals surface area contributed by atoms with Gasteiger partial charge in [-0.15, -0.1) is 0 Å². The highest BCUT2D eigenvalue weighted by Gasteiger charge is 2.34. The molecule has 1 aromatic heterocycles. The van der Waals surface area contributed by atoms with Crippen LogP contribution >= 0.6 is 11.6 Å². The van der Waals surface area contributed by atoms with Crippen LogP contribution in [0.1, 0.15) is 33.3 Å². The first-order valence-electron chi connectivity index (χ1n) is 7.86. The smallest absolute Gasteiger partial charge is 0.417 e. The summed E-state index contributed by atoms with van der Waals surface area (Å²) < 4.78 is 43.5. The fourth-order valence-corrected chi connectivity index (χ4v) is 2.85. The van der Waals surface area contributed by atoms with Crippen LogP contribution in [-0.4, -0.2) is 47.3 Å². The number of pyridine rings is 1. The van der Waals surface area contributed by atoms with Crippen molar-refractivity contribution in [2.24, 2.45) is 0 Å². The van der Waals surface area contributed by atoms with Crippen LogP contribution in [0.4, 0.5) is 23.8 Å². The summed E-state index contributed by atoms with van der Waals surface area (Å²) in [5, 5.41) is -0.0623. The van der Waals surface area contributed by atoms with Crippen molar-refractivity contribution in [1.29, 1.82) is 0 Å². The molecule has 0 aliphatic carbocycles. The molecule has 1 aliphatic rings. The minimum Gasteiger partial charge on any atom is -0.444 e. The quantitative estimate of drug-likeness (QED) is 0.733. The molecule has 0 aromatic carbocycles. The van der Waals surface area contributed by atoms with Crippen molar-refractivity contribution in [2.75, 3.05) is 24.5 Å². The average Bonchev–Trinajstić information content (AvgIpc) is 2.44. The van der Waals surface area contributed by atoms with Crippen molar-refractivity contribution >= 4 is 23.5 Å². The minimum atomic E-state index is -4.49. The number of anilines is 1. The third-order valence-electron chi connectivity index (χ3n) is 3.70. The summed E-state index contributed by atoms with van der Waals surface area (Å²) in [6.07, 6.45) is -4.13. The van der Waals surface area contributed by atoms with Crippen molar-refractivity contribution in [3.8, 4) is 0 Å². The van der Waals surface area contributed by atoms with Gasteiger partial charge in [-0.2, -0.15) is 13.2 Å². The van der Waals surface area contributed by atoms with Crippen LogP contribution in [0.5, 0.6) is 0 Å². The lowest BCUT2D eigenvalue weighted by atomic mass is 10.2. The molecule has 0 radical (unpaired) electrons. The summed E-state index contributed by atoms with van der Waals surface area (Å²) in [5.74, 6) is 0.283. The lowest BCUT2D eigenvalue weighted by molar-refractivity contribution is -0.137. The van der Waals surface area contributed by atoms with E-state index in [0.717, 1.165) is 12.3 Å². The number of amides is 1. The van der Waals surface area contributed by atoms with Gasteiger partial charge in [-0.1, -0.05) is 11.6 Å². The number of ether oxygens (including phenoxy) is 1. The van der Waals surface area contributed by atoms with Crippen LogP contribution in [0.3, 0.4) is 0 Å². The summed E-state index contributed by atoms with van der Waals surface area (Å²) in [4.78, 5) is 19.4. The SMILES string of the molecule is C[C@@H]1CN(c2ncc(C(F)(F)F)cc2Cl)CCN1C(=O)OC(C)(C)C. The van der Waals surface area contributed by atoms with E-state index in [-0.39, 0.29) is 16.9 Å². The molecule has 2 heterocycles. The Morgan fingerprint density at radius 1 is 1.32 bits per heavy atom. The molecule has 1 amide bonds. The van der Waals surface area contributed by atoms with E-state index < -0.39 is 23.4 Å². The van der Waals surface area contributed by atoms with Crippen molar-refractivity contribution in [1.82, 2.24) is 9.88 Å². The number of piperazine rings is 1. The van der Waals surface area contributed by atoms with Gasteiger partial charge in [0.15, 0.2) is 0 Å². The Hall–Kier alpha value is -1.70. The predicted octanol–water partition coefficient (Wildman–Crippen LogP) is 4.20. The van der Waals surface area contributed by atoms with E-state index in [9.17, 15) is 18.0 Å². The average molecular weight is 380 g/mol. The van der Waals surface area contributed by atoms with Gasteiger partial charge in [-0.3, -0.25) is 0 Å². The number of carbonyl (C=O) groups excluding carboxylic acids is 1. The Bertz CT molecular complexity index is 646. The summed E-state index contributed by atoms with van der Waals surface area (Å²) in [5.41, 5.74) is -1.48. The topological polar surface area (TPSA) is 45.7 Å². The first kappa shape index (κ1) is 19.6. The molecule has 140 valence electrons. The first-order chi connectivity index (χ1) is 11.4. The highest BCUT2D eigenvalue weighted by molar-refractivity contribution is 6.33. The lowest BCUT2D eigenvalue weighted by Crippen LogP contribution is -2.55. The number of hydrogen-bond acceptors (Lipinski definition) is 4. The Morgan fingerprint density at radius 2 is 1.96 bits per heavy atom. The maximum absolute atomic E-state index is 12.7. The summed E-state index contributed by atoms with van der Waals surface area (Å²) in [7, 11) is 0. The second-order valence-electron chi connectivity index (χ2n) is 7.00. The van der Waals surface area contributed by atoms with Crippen molar-refractivity contribution in [3.63, 3.8) is 0 Å². The number of hydrogen-bond donors (Lipinski definition) is 0. The van der Waals surface area contributed by atoms with E-state index >= 15 is 0 Å². The third-order valence-corrected chi connectivity index (χ3v) is 3.98. The fraction of sp³-hybridized carbons (Fsp3) is 0.625. The zero-order valence-corrected chi connectivity index (χ0v) is 15.3. The van der Waals surface area contributed by atoms with Gasteiger partial charge in [-0.25, -0.2) is 9.78 Å². The molecule has 1 atom stereocenters. The third kappa shape index (κ3) is 4.90. The molecule has 2 rings (SSSR count). The molecule has 0 saturated carbocycles. The highest BCUT2D eigenvalue weighted by atomic mass is 35.5. The Morgan fingerprint density at radius 3 is 2.44 bits per heavy atom. The lowest BCUT2D eigenvalue weighted by Gasteiger charge is -2.40. The van der Waals surface area contributed by atoms with E-state index in [1.165, 1.54) is 0 Å². The van der Waals surface area contributed by atoms with Crippen LogP contribution in [0.25, 0.3) is 0 Å². The number of rotatable bonds is 1. The van der Waals surface area contributed by atoms with Crippen molar-refractivity contribution in [3.05, 3.63) is 22.8 Å². The first-order valence-corrected chi connectivity index (χ1v) is 8.23. The van der Waals surface area contributed by atoms with Gasteiger partial charge in [0.2, 0.25) is 0 Å². The van der Waals surface area contributed by atoms with Gasteiger partial charge in [0.05, 0.1) is 10.6 Å². The van der Waals surface area contributed by atoms with Crippen molar-refractivity contribution < 1.29 is 22.7 Å². The van der Waals surface area contributed by atoms with Gasteiger partial charge < -0.3 is 14.5 Å². The molecule has 1 aromatic rings. The van der Waals surface area contributed by atoms with Gasteiger partial charge in [0.25, 0.3) is 0 Å². The highest BCUT2D eigenvalue weighted by Crippen LogP contribution is 2.34. The number of alkyl halides is 3. The molecular weight excluding hydrogens is 359 g/mol. The van der Waals surface area contributed by atoms with E-state index in [1.54, 1.807) is 30.6 Å². The molecule has 0 spiro atoms. The van der Waals surface area contributed by atoms with Crippen LogP contribution in [0.15, 0.2) is 12.3 Å². The van der Waals surface area contributed by atoms with E-state index in [1.807, 2.05) is 6.92 Å². The second kappa shape index (κ2) is 6.90. The van der Waals surface area contributed by atoms with Gasteiger partial charge in [-0.05, 0) is 33.8 Å². The number of aromatic nitrogens is 1. The van der Waals surface area contributed by atoms with Crippen LogP contribution in [0.2, 0.25) is 5.02 Å². The maximum atomic E-state index is 12.7. The van der Waals surface area contributed by atoms with Crippen LogP contribution in [0, 0.1) is 0 Å². The zero-order valence-electron chi connectivity index (χ0n) is 14.5. The largest absolute Gasteiger partial charge is 0.444 e. The molecule has 9 heteroatoms. The summed E-state index contributed by atoms with van der Waals surface area (Å²) in [6.45, 7) is 8.38. The Kier molecular flexibility index (Phi) is 5.41. The predicted molar refractivity (Wildman–Crippen MR) is 88.9 cm³/mol. The second-order valence-corrected chi connectivity index (χ2v) is 7.40. The summed E-state index contributed by atoms with van der Waals surface area (Å²) in [6, 6.07) is 0.679. The number of halogens is 4. The number of nitrogens with zero attached hydrogens (tertiary/aromatic N) is 3. The molecule has 0 bridgehead atoms. The molecular formula is C16H21ClF3N3O2. The number of carbonyl (C=O) groups is 1. The van der Waals surface area contributed by atoms with Crippen LogP contribution < -0.4 is 4.90 Å². The maximum Gasteiger partial charge on any atom is 0.417 e. The Balaban J connectivity index is 2.09. The fourth-order valence-electron chi connectivity index (χ4n) is 2.56. The van der Waals surface area contributed by atoms with Gasteiger partial charge >= 0.3 is 12.3 Å². The van der Waals surface area contributed by atoms with E-state index in [4.69, 9.17) is 16.3 Å². The summed E-state index contributed by atoms with van der Waals surface area (Å²) >= 11 is 5.99.